The fourth-order valence-corrected chi connectivity index (χ4v) is 1.98. The molecule has 0 atom stereocenters. The average Bonchev–Trinajstić information content (AvgIpc) is 2.81. The monoisotopic (exact) mass is 238 g/mol. The average molecular weight is 238 g/mol. The molecule has 0 aliphatic carbocycles. The smallest absolute Gasteiger partial charge is 0.157 e. The lowest BCUT2D eigenvalue weighted by Crippen LogP contribution is -1.92. The molecule has 0 aliphatic rings. The van der Waals surface area contributed by atoms with Crippen LogP contribution < -0.4 is 5.73 Å². The molecule has 4 nitrogen and oxygen atoms in total. The third-order valence-corrected chi connectivity index (χ3v) is 2.97. The first-order chi connectivity index (χ1) is 8.76. The lowest BCUT2D eigenvalue weighted by atomic mass is 10.1. The molecular formula is C14H14N4. The van der Waals surface area contributed by atoms with Gasteiger partial charge in [-0.25, -0.2) is 9.97 Å². The molecule has 3 aromatic rings. The molecular weight excluding hydrogens is 224 g/mol. The summed E-state index contributed by atoms with van der Waals surface area (Å²) in [5.74, 6) is 1.26. The van der Waals surface area contributed by atoms with Crippen LogP contribution in [0.4, 0.5) is 5.82 Å². The molecule has 0 amide bonds. The first kappa shape index (κ1) is 10.8. The van der Waals surface area contributed by atoms with E-state index >= 15 is 0 Å². The summed E-state index contributed by atoms with van der Waals surface area (Å²) < 4.78 is 0. The van der Waals surface area contributed by atoms with Crippen LogP contribution in [0.25, 0.3) is 22.6 Å². The Labute approximate surface area is 105 Å². The van der Waals surface area contributed by atoms with E-state index in [4.69, 9.17) is 5.73 Å². The highest BCUT2D eigenvalue weighted by molar-refractivity contribution is 5.79. The van der Waals surface area contributed by atoms with Gasteiger partial charge in [-0.2, -0.15) is 0 Å². The van der Waals surface area contributed by atoms with Gasteiger partial charge in [-0.05, 0) is 36.2 Å². The SMILES string of the molecule is CCc1ccc2nc(-c3cccc(N)n3)[nH]c2c1. The molecule has 0 fully saturated rings. The van der Waals surface area contributed by atoms with Crippen molar-refractivity contribution < 1.29 is 0 Å². The second kappa shape index (κ2) is 4.14. The maximum absolute atomic E-state index is 5.68. The zero-order chi connectivity index (χ0) is 12.5. The number of hydrogen-bond donors (Lipinski definition) is 2. The van der Waals surface area contributed by atoms with Crippen molar-refractivity contribution in [2.24, 2.45) is 0 Å². The van der Waals surface area contributed by atoms with E-state index in [0.717, 1.165) is 29.0 Å². The largest absolute Gasteiger partial charge is 0.384 e. The second-order valence-corrected chi connectivity index (χ2v) is 4.24. The number of nitrogens with one attached hydrogen (secondary N) is 1. The van der Waals surface area contributed by atoms with E-state index < -0.39 is 0 Å². The molecule has 0 unspecified atom stereocenters. The number of fused-ring (bicyclic) bond motifs is 1. The summed E-state index contributed by atoms with van der Waals surface area (Å²) in [6, 6.07) is 11.8. The normalized spacial score (nSPS) is 10.9. The molecule has 0 saturated carbocycles. The Balaban J connectivity index is 2.13. The number of aromatic amines is 1. The number of anilines is 1. The number of rotatable bonds is 2. The number of aryl methyl sites for hydroxylation is 1. The number of nitrogen functional groups attached to an aromatic ring is 1. The van der Waals surface area contributed by atoms with Gasteiger partial charge in [0.1, 0.15) is 11.5 Å². The van der Waals surface area contributed by atoms with E-state index in [9.17, 15) is 0 Å². The van der Waals surface area contributed by atoms with E-state index in [1.807, 2.05) is 18.2 Å². The summed E-state index contributed by atoms with van der Waals surface area (Å²) in [5, 5.41) is 0. The lowest BCUT2D eigenvalue weighted by Gasteiger charge is -1.96. The second-order valence-electron chi connectivity index (χ2n) is 4.24. The van der Waals surface area contributed by atoms with Crippen LogP contribution >= 0.6 is 0 Å². The molecule has 90 valence electrons. The minimum atomic E-state index is 0.502. The van der Waals surface area contributed by atoms with Gasteiger partial charge in [0.05, 0.1) is 11.0 Å². The number of aromatic nitrogens is 3. The van der Waals surface area contributed by atoms with E-state index in [1.54, 1.807) is 6.07 Å². The van der Waals surface area contributed by atoms with Gasteiger partial charge in [-0.15, -0.1) is 0 Å². The highest BCUT2D eigenvalue weighted by atomic mass is 15.0. The Morgan fingerprint density at radius 3 is 2.83 bits per heavy atom. The predicted octanol–water partition coefficient (Wildman–Crippen LogP) is 2.77. The quantitative estimate of drug-likeness (QED) is 0.721. The lowest BCUT2D eigenvalue weighted by molar-refractivity contribution is 1.14. The minimum Gasteiger partial charge on any atom is -0.384 e. The van der Waals surface area contributed by atoms with Crippen molar-refractivity contribution in [1.82, 2.24) is 15.0 Å². The molecule has 0 spiro atoms. The zero-order valence-electron chi connectivity index (χ0n) is 10.1. The standard InChI is InChI=1S/C14H14N4/c1-2-9-6-7-10-12(8-9)18-14(17-10)11-4-3-5-13(15)16-11/h3-8H,2H2,1H3,(H2,15,16)(H,17,18). The molecule has 2 heterocycles. The number of pyridine rings is 1. The van der Waals surface area contributed by atoms with Crippen LogP contribution in [0.3, 0.4) is 0 Å². The number of hydrogen-bond acceptors (Lipinski definition) is 3. The third-order valence-electron chi connectivity index (χ3n) is 2.97. The molecule has 2 aromatic heterocycles. The Bertz CT molecular complexity index is 700. The van der Waals surface area contributed by atoms with E-state index in [2.05, 4.69) is 34.0 Å². The molecule has 4 heteroatoms. The van der Waals surface area contributed by atoms with Crippen molar-refractivity contribution in [3.8, 4) is 11.5 Å². The first-order valence-electron chi connectivity index (χ1n) is 5.98. The number of nitrogens with two attached hydrogens (primary N) is 1. The van der Waals surface area contributed by atoms with Gasteiger partial charge in [0.2, 0.25) is 0 Å². The van der Waals surface area contributed by atoms with Crippen molar-refractivity contribution in [3.63, 3.8) is 0 Å². The van der Waals surface area contributed by atoms with Crippen LogP contribution in [-0.4, -0.2) is 15.0 Å². The van der Waals surface area contributed by atoms with Crippen molar-refractivity contribution in [1.29, 1.82) is 0 Å². The topological polar surface area (TPSA) is 67.6 Å². The number of nitrogens with zero attached hydrogens (tertiary/aromatic N) is 2. The van der Waals surface area contributed by atoms with Gasteiger partial charge in [0.15, 0.2) is 5.82 Å². The van der Waals surface area contributed by atoms with Gasteiger partial charge >= 0.3 is 0 Å². The number of H-pyrrole nitrogens is 1. The number of imidazole rings is 1. The summed E-state index contributed by atoms with van der Waals surface area (Å²) in [4.78, 5) is 12.1. The van der Waals surface area contributed by atoms with Gasteiger partial charge in [0, 0.05) is 0 Å². The molecule has 3 rings (SSSR count). The highest BCUT2D eigenvalue weighted by Crippen LogP contribution is 2.20. The van der Waals surface area contributed by atoms with Gasteiger partial charge in [-0.3, -0.25) is 0 Å². The molecule has 3 N–H and O–H groups in total. The molecule has 0 aliphatic heterocycles. The van der Waals surface area contributed by atoms with Crippen LogP contribution in [0.15, 0.2) is 36.4 Å². The fraction of sp³-hybridized carbons (Fsp3) is 0.143. The van der Waals surface area contributed by atoms with Crippen molar-refractivity contribution in [2.75, 3.05) is 5.73 Å². The summed E-state index contributed by atoms with van der Waals surface area (Å²) in [5.41, 5.74) is 9.73. The van der Waals surface area contributed by atoms with Gasteiger partial charge in [-0.1, -0.05) is 19.1 Å². The Kier molecular flexibility index (Phi) is 2.48. The van der Waals surface area contributed by atoms with E-state index in [0.29, 0.717) is 5.82 Å². The van der Waals surface area contributed by atoms with Gasteiger partial charge in [0.25, 0.3) is 0 Å². The van der Waals surface area contributed by atoms with Crippen LogP contribution in [0.5, 0.6) is 0 Å². The molecule has 0 radical (unpaired) electrons. The maximum atomic E-state index is 5.68. The van der Waals surface area contributed by atoms with Crippen molar-refractivity contribution in [2.45, 2.75) is 13.3 Å². The maximum Gasteiger partial charge on any atom is 0.157 e. The minimum absolute atomic E-state index is 0.502. The Morgan fingerprint density at radius 2 is 2.06 bits per heavy atom. The van der Waals surface area contributed by atoms with E-state index in [-0.39, 0.29) is 0 Å². The summed E-state index contributed by atoms with van der Waals surface area (Å²) in [7, 11) is 0. The summed E-state index contributed by atoms with van der Waals surface area (Å²) >= 11 is 0. The highest BCUT2D eigenvalue weighted by Gasteiger charge is 2.06. The van der Waals surface area contributed by atoms with Crippen LogP contribution in [0, 0.1) is 0 Å². The molecule has 0 bridgehead atoms. The van der Waals surface area contributed by atoms with Crippen molar-refractivity contribution >= 4 is 16.9 Å². The summed E-state index contributed by atoms with van der Waals surface area (Å²) in [6.45, 7) is 2.14. The van der Waals surface area contributed by atoms with Crippen LogP contribution in [-0.2, 0) is 6.42 Å². The fourth-order valence-electron chi connectivity index (χ4n) is 1.98. The molecule has 18 heavy (non-hydrogen) atoms. The predicted molar refractivity (Wildman–Crippen MR) is 73.1 cm³/mol. The Morgan fingerprint density at radius 1 is 1.17 bits per heavy atom. The van der Waals surface area contributed by atoms with Gasteiger partial charge < -0.3 is 10.7 Å². The molecule has 0 saturated heterocycles. The van der Waals surface area contributed by atoms with Crippen LogP contribution in [0.2, 0.25) is 0 Å². The van der Waals surface area contributed by atoms with Crippen molar-refractivity contribution in [3.05, 3.63) is 42.0 Å². The molecule has 1 aromatic carbocycles. The number of benzene rings is 1. The first-order valence-corrected chi connectivity index (χ1v) is 5.98. The third kappa shape index (κ3) is 1.82. The zero-order valence-corrected chi connectivity index (χ0v) is 10.1. The summed E-state index contributed by atoms with van der Waals surface area (Å²) in [6.07, 6.45) is 1.01. The van der Waals surface area contributed by atoms with Crippen LogP contribution in [0.1, 0.15) is 12.5 Å². The van der Waals surface area contributed by atoms with E-state index in [1.165, 1.54) is 5.56 Å². The Hall–Kier alpha value is -2.36.